The number of benzene rings is 2. The number of guanidine groups is 1. The monoisotopic (exact) mass is 363 g/mol. The Morgan fingerprint density at radius 3 is 2.52 bits per heavy atom. The molecule has 5 nitrogen and oxygen atoms in total. The zero-order valence-corrected chi connectivity index (χ0v) is 15.7. The second-order valence-electron chi connectivity index (χ2n) is 6.93. The molecule has 1 fully saturated rings. The van der Waals surface area contributed by atoms with Crippen molar-refractivity contribution in [1.29, 1.82) is 0 Å². The fraction of sp³-hybridized carbons (Fsp3) is 0.364. The number of carbonyl (C=O) groups excluding carboxylic acids is 1. The Balaban J connectivity index is 1.67. The van der Waals surface area contributed by atoms with Crippen LogP contribution in [0.25, 0.3) is 0 Å². The van der Waals surface area contributed by atoms with E-state index in [1.54, 1.807) is 4.90 Å². The van der Waals surface area contributed by atoms with Gasteiger partial charge in [-0.2, -0.15) is 0 Å². The number of aryl methyl sites for hydroxylation is 1. The van der Waals surface area contributed by atoms with Crippen molar-refractivity contribution in [3.8, 4) is 0 Å². The van der Waals surface area contributed by atoms with Crippen molar-refractivity contribution in [3.05, 3.63) is 65.7 Å². The second-order valence-corrected chi connectivity index (χ2v) is 6.93. The first-order valence-corrected chi connectivity index (χ1v) is 9.63. The van der Waals surface area contributed by atoms with E-state index in [9.17, 15) is 4.79 Å². The van der Waals surface area contributed by atoms with Gasteiger partial charge in [-0.1, -0.05) is 49.4 Å². The summed E-state index contributed by atoms with van der Waals surface area (Å²) in [6.07, 6.45) is 1.56. The van der Waals surface area contributed by atoms with Gasteiger partial charge in [0.15, 0.2) is 0 Å². The number of aliphatic imine (C=N–C) groups is 1. The molecule has 0 N–H and O–H groups in total. The zero-order valence-electron chi connectivity index (χ0n) is 15.7. The predicted molar refractivity (Wildman–Crippen MR) is 107 cm³/mol. The first kappa shape index (κ1) is 17.7. The molecule has 2 heterocycles. The van der Waals surface area contributed by atoms with Crippen LogP contribution < -0.4 is 4.90 Å². The van der Waals surface area contributed by atoms with Crippen LogP contribution in [0.5, 0.6) is 0 Å². The Morgan fingerprint density at radius 1 is 1.04 bits per heavy atom. The van der Waals surface area contributed by atoms with Gasteiger partial charge >= 0.3 is 0 Å². The highest BCUT2D eigenvalue weighted by molar-refractivity contribution is 6.22. The van der Waals surface area contributed by atoms with Crippen molar-refractivity contribution in [2.24, 2.45) is 4.99 Å². The van der Waals surface area contributed by atoms with Gasteiger partial charge in [0.1, 0.15) is 6.04 Å². The number of carbonyl (C=O) groups is 1. The third-order valence-electron chi connectivity index (χ3n) is 5.12. The minimum absolute atomic E-state index is 0.0496. The minimum atomic E-state index is -0.379. The van der Waals surface area contributed by atoms with Crippen LogP contribution in [0.1, 0.15) is 18.1 Å². The summed E-state index contributed by atoms with van der Waals surface area (Å²) in [6.45, 7) is 4.97. The summed E-state index contributed by atoms with van der Waals surface area (Å²) in [4.78, 5) is 22.2. The van der Waals surface area contributed by atoms with E-state index in [2.05, 4.69) is 36.1 Å². The molecule has 4 rings (SSSR count). The Bertz CT molecular complexity index is 828. The average Bonchev–Trinajstić information content (AvgIpc) is 3.05. The highest BCUT2D eigenvalue weighted by Gasteiger charge is 2.38. The number of hydrogen-bond acceptors (Lipinski definition) is 4. The van der Waals surface area contributed by atoms with Crippen LogP contribution in [-0.4, -0.2) is 49.1 Å². The van der Waals surface area contributed by atoms with Crippen molar-refractivity contribution in [3.63, 3.8) is 0 Å². The van der Waals surface area contributed by atoms with Crippen LogP contribution in [0, 0.1) is 0 Å². The van der Waals surface area contributed by atoms with Crippen LogP contribution in [0.2, 0.25) is 0 Å². The molecule has 2 aromatic rings. The quantitative estimate of drug-likeness (QED) is 0.839. The number of hydrogen-bond donors (Lipinski definition) is 0. The van der Waals surface area contributed by atoms with E-state index < -0.39 is 0 Å². The van der Waals surface area contributed by atoms with Gasteiger partial charge in [-0.05, 0) is 29.7 Å². The van der Waals surface area contributed by atoms with Crippen LogP contribution in [0.15, 0.2) is 59.6 Å². The van der Waals surface area contributed by atoms with Gasteiger partial charge in [-0.3, -0.25) is 4.79 Å². The molecule has 5 heteroatoms. The molecule has 2 aliphatic rings. The van der Waals surface area contributed by atoms with Crippen molar-refractivity contribution in [1.82, 2.24) is 4.90 Å². The summed E-state index contributed by atoms with van der Waals surface area (Å²) >= 11 is 0. The minimum Gasteiger partial charge on any atom is -0.378 e. The molecule has 1 unspecified atom stereocenters. The lowest BCUT2D eigenvalue weighted by Gasteiger charge is -2.32. The lowest BCUT2D eigenvalue weighted by atomic mass is 10.1. The third kappa shape index (κ3) is 3.74. The number of anilines is 1. The fourth-order valence-corrected chi connectivity index (χ4v) is 3.61. The summed E-state index contributed by atoms with van der Waals surface area (Å²) in [5.74, 6) is 0.811. The molecule has 0 aliphatic carbocycles. The van der Waals surface area contributed by atoms with Gasteiger partial charge in [-0.15, -0.1) is 0 Å². The first-order valence-electron chi connectivity index (χ1n) is 9.63. The molecule has 0 radical (unpaired) electrons. The Morgan fingerprint density at radius 2 is 1.78 bits per heavy atom. The van der Waals surface area contributed by atoms with Crippen LogP contribution in [-0.2, 0) is 22.4 Å². The van der Waals surface area contributed by atoms with Crippen LogP contribution in [0.3, 0.4) is 0 Å². The van der Waals surface area contributed by atoms with Gasteiger partial charge < -0.3 is 9.64 Å². The largest absolute Gasteiger partial charge is 0.378 e. The molecular formula is C22H25N3O2. The normalized spacial score (nSPS) is 20.1. The Kier molecular flexibility index (Phi) is 5.21. The van der Waals surface area contributed by atoms with Gasteiger partial charge in [0.05, 0.1) is 18.9 Å². The van der Waals surface area contributed by atoms with Crippen LogP contribution >= 0.6 is 0 Å². The molecular weight excluding hydrogens is 338 g/mol. The van der Waals surface area contributed by atoms with Gasteiger partial charge in [0.25, 0.3) is 5.91 Å². The average molecular weight is 363 g/mol. The van der Waals surface area contributed by atoms with Crippen molar-refractivity contribution in [2.45, 2.75) is 25.8 Å². The maximum atomic E-state index is 13.3. The smallest absolute Gasteiger partial charge is 0.259 e. The maximum absolute atomic E-state index is 13.3. The molecule has 0 saturated carbocycles. The summed E-state index contributed by atoms with van der Waals surface area (Å²) in [6, 6.07) is 17.9. The topological polar surface area (TPSA) is 45.1 Å². The molecule has 140 valence electrons. The molecule has 0 aromatic heterocycles. The molecule has 0 bridgehead atoms. The van der Waals surface area contributed by atoms with E-state index >= 15 is 0 Å². The van der Waals surface area contributed by atoms with Crippen LogP contribution in [0.4, 0.5) is 5.69 Å². The third-order valence-corrected chi connectivity index (χ3v) is 5.12. The second kappa shape index (κ2) is 7.92. The summed E-state index contributed by atoms with van der Waals surface area (Å²) in [7, 11) is 0. The predicted octanol–water partition coefficient (Wildman–Crippen LogP) is 2.90. The molecule has 27 heavy (non-hydrogen) atoms. The van der Waals surface area contributed by atoms with E-state index in [0.29, 0.717) is 19.6 Å². The summed E-state index contributed by atoms with van der Waals surface area (Å²) < 4.78 is 5.49. The van der Waals surface area contributed by atoms with Crippen molar-refractivity contribution in [2.75, 3.05) is 31.2 Å². The van der Waals surface area contributed by atoms with E-state index in [1.165, 1.54) is 5.56 Å². The number of ether oxygens (including phenoxy) is 1. The maximum Gasteiger partial charge on any atom is 0.259 e. The molecule has 0 spiro atoms. The zero-order chi connectivity index (χ0) is 18.6. The highest BCUT2D eigenvalue weighted by Crippen LogP contribution is 2.26. The first-order chi connectivity index (χ1) is 13.3. The highest BCUT2D eigenvalue weighted by atomic mass is 16.5. The summed E-state index contributed by atoms with van der Waals surface area (Å²) in [5, 5.41) is 0. The molecule has 2 aliphatic heterocycles. The lowest BCUT2D eigenvalue weighted by Crippen LogP contribution is -2.49. The summed E-state index contributed by atoms with van der Waals surface area (Å²) in [5.41, 5.74) is 3.25. The molecule has 1 amide bonds. The SMILES string of the molecule is CCc1cccc(N2C(=O)C(Cc3ccccc3)N=C2N2CCOCC2)c1. The number of nitrogens with zero attached hydrogens (tertiary/aromatic N) is 3. The fourth-order valence-electron chi connectivity index (χ4n) is 3.61. The van der Waals surface area contributed by atoms with E-state index in [4.69, 9.17) is 9.73 Å². The lowest BCUT2D eigenvalue weighted by molar-refractivity contribution is -0.118. The van der Waals surface area contributed by atoms with E-state index in [1.807, 2.05) is 30.3 Å². The number of rotatable bonds is 4. The number of amides is 1. The number of morpholine rings is 1. The van der Waals surface area contributed by atoms with Gasteiger partial charge in [0, 0.05) is 19.5 Å². The standard InChI is InChI=1S/C22H25N3O2/c1-2-17-9-6-10-19(15-17)25-21(26)20(16-18-7-4-3-5-8-18)23-22(25)24-11-13-27-14-12-24/h3-10,15,20H,2,11-14,16H2,1H3. The van der Waals surface area contributed by atoms with E-state index in [-0.39, 0.29) is 11.9 Å². The molecule has 1 atom stereocenters. The molecule has 2 aromatic carbocycles. The van der Waals surface area contributed by atoms with Gasteiger partial charge in [0.2, 0.25) is 5.96 Å². The van der Waals surface area contributed by atoms with Crippen molar-refractivity contribution < 1.29 is 9.53 Å². The van der Waals surface area contributed by atoms with E-state index in [0.717, 1.165) is 36.7 Å². The Labute approximate surface area is 160 Å². The van der Waals surface area contributed by atoms with Crippen molar-refractivity contribution >= 4 is 17.6 Å². The Hall–Kier alpha value is -2.66. The molecule has 1 saturated heterocycles. The van der Waals surface area contributed by atoms with Gasteiger partial charge in [-0.25, -0.2) is 9.89 Å².